The van der Waals surface area contributed by atoms with E-state index in [4.69, 9.17) is 4.42 Å². The van der Waals surface area contributed by atoms with Crippen molar-refractivity contribution >= 4 is 0 Å². The molecule has 3 heteroatoms. The highest BCUT2D eigenvalue weighted by Crippen LogP contribution is 2.30. The fourth-order valence-corrected chi connectivity index (χ4v) is 3.69. The summed E-state index contributed by atoms with van der Waals surface area (Å²) in [6.45, 7) is 7.35. The molecule has 0 radical (unpaired) electrons. The molecule has 2 atom stereocenters. The minimum absolute atomic E-state index is 0.515. The molecule has 1 fully saturated rings. The lowest BCUT2D eigenvalue weighted by Crippen LogP contribution is -2.37. The van der Waals surface area contributed by atoms with Gasteiger partial charge in [0.2, 0.25) is 0 Å². The summed E-state index contributed by atoms with van der Waals surface area (Å²) in [4.78, 5) is 2.64. The minimum Gasteiger partial charge on any atom is -0.469 e. The molecule has 1 aromatic rings. The first-order valence-electron chi connectivity index (χ1n) is 8.35. The number of hydrogen-bond acceptors (Lipinski definition) is 3. The lowest BCUT2D eigenvalue weighted by Gasteiger charge is -2.30. The quantitative estimate of drug-likeness (QED) is 0.894. The molecule has 1 aliphatic heterocycles. The average Bonchev–Trinajstić information content (AvgIpc) is 2.95. The van der Waals surface area contributed by atoms with Gasteiger partial charge in [-0.15, -0.1) is 0 Å². The number of piperidine rings is 1. The Hall–Kier alpha value is -0.800. The molecule has 0 bridgehead atoms. The molecular formula is C17H28N2O. The van der Waals surface area contributed by atoms with Crippen molar-refractivity contribution in [1.82, 2.24) is 10.2 Å². The van der Waals surface area contributed by atoms with Crippen molar-refractivity contribution in [2.24, 2.45) is 5.92 Å². The van der Waals surface area contributed by atoms with Gasteiger partial charge in [0.25, 0.3) is 0 Å². The molecule has 0 aromatic carbocycles. The van der Waals surface area contributed by atoms with Gasteiger partial charge < -0.3 is 14.6 Å². The van der Waals surface area contributed by atoms with Crippen molar-refractivity contribution in [2.45, 2.75) is 51.5 Å². The topological polar surface area (TPSA) is 28.4 Å². The summed E-state index contributed by atoms with van der Waals surface area (Å²) in [7, 11) is 0. The van der Waals surface area contributed by atoms with E-state index in [0.29, 0.717) is 6.04 Å². The van der Waals surface area contributed by atoms with E-state index in [0.717, 1.165) is 18.9 Å². The van der Waals surface area contributed by atoms with Crippen LogP contribution < -0.4 is 5.32 Å². The van der Waals surface area contributed by atoms with Crippen LogP contribution in [0.2, 0.25) is 0 Å². The third-order valence-corrected chi connectivity index (χ3v) is 4.78. The van der Waals surface area contributed by atoms with Crippen LogP contribution in [-0.2, 0) is 6.42 Å². The molecule has 1 saturated heterocycles. The van der Waals surface area contributed by atoms with Crippen LogP contribution in [0.15, 0.2) is 16.7 Å². The molecule has 2 aliphatic rings. The Bertz CT molecular complexity index is 409. The summed E-state index contributed by atoms with van der Waals surface area (Å²) in [5.41, 5.74) is 1.40. The van der Waals surface area contributed by atoms with Gasteiger partial charge in [-0.25, -0.2) is 0 Å². The molecule has 20 heavy (non-hydrogen) atoms. The van der Waals surface area contributed by atoms with Crippen LogP contribution >= 0.6 is 0 Å². The highest BCUT2D eigenvalue weighted by Gasteiger charge is 2.23. The van der Waals surface area contributed by atoms with Crippen LogP contribution in [0.1, 0.15) is 56.4 Å². The Kier molecular flexibility index (Phi) is 4.79. The number of nitrogens with one attached hydrogen (secondary N) is 1. The lowest BCUT2D eigenvalue weighted by molar-refractivity contribution is 0.196. The zero-order valence-corrected chi connectivity index (χ0v) is 12.7. The molecule has 0 amide bonds. The smallest absolute Gasteiger partial charge is 0.108 e. The molecule has 3 rings (SSSR count). The first-order chi connectivity index (χ1) is 9.83. The van der Waals surface area contributed by atoms with E-state index in [-0.39, 0.29) is 0 Å². The van der Waals surface area contributed by atoms with Gasteiger partial charge in [0.15, 0.2) is 0 Å². The lowest BCUT2D eigenvalue weighted by atomic mass is 9.93. The Morgan fingerprint density at radius 2 is 2.15 bits per heavy atom. The molecule has 3 nitrogen and oxygen atoms in total. The summed E-state index contributed by atoms with van der Waals surface area (Å²) in [5, 5.41) is 3.77. The van der Waals surface area contributed by atoms with Crippen molar-refractivity contribution in [3.63, 3.8) is 0 Å². The average molecular weight is 276 g/mol. The first-order valence-corrected chi connectivity index (χ1v) is 8.35. The van der Waals surface area contributed by atoms with Gasteiger partial charge in [0, 0.05) is 24.6 Å². The predicted octanol–water partition coefficient (Wildman–Crippen LogP) is 3.37. The predicted molar refractivity (Wildman–Crippen MR) is 81.8 cm³/mol. The largest absolute Gasteiger partial charge is 0.469 e. The number of aryl methyl sites for hydroxylation is 1. The van der Waals surface area contributed by atoms with Crippen LogP contribution in [-0.4, -0.2) is 31.1 Å². The molecule has 2 unspecified atom stereocenters. The zero-order chi connectivity index (χ0) is 13.8. The van der Waals surface area contributed by atoms with Gasteiger partial charge in [0.1, 0.15) is 5.76 Å². The maximum Gasteiger partial charge on any atom is 0.108 e. The van der Waals surface area contributed by atoms with Crippen molar-refractivity contribution in [3.05, 3.63) is 23.7 Å². The maximum atomic E-state index is 5.57. The van der Waals surface area contributed by atoms with E-state index in [1.165, 1.54) is 63.1 Å². The molecular weight excluding hydrogens is 248 g/mol. The normalized spacial score (nSPS) is 25.4. The fourth-order valence-electron chi connectivity index (χ4n) is 3.69. The second kappa shape index (κ2) is 6.77. The number of fused-ring (bicyclic) bond motifs is 1. The van der Waals surface area contributed by atoms with Crippen LogP contribution in [0.25, 0.3) is 0 Å². The summed E-state index contributed by atoms with van der Waals surface area (Å²) >= 11 is 0. The Balaban J connectivity index is 1.45. The van der Waals surface area contributed by atoms with Gasteiger partial charge in [0.05, 0.1) is 6.26 Å². The summed E-state index contributed by atoms with van der Waals surface area (Å²) in [6, 6.07) is 2.67. The molecule has 112 valence electrons. The standard InChI is InChI=1S/C17H28N2O/c1-14(13-19-9-3-2-4-10-19)12-18-16-6-5-7-17-15(16)8-11-20-17/h8,11,14,16,18H,2-7,9-10,12-13H2,1H3. The second-order valence-corrected chi connectivity index (χ2v) is 6.62. The molecule has 0 saturated carbocycles. The van der Waals surface area contributed by atoms with E-state index in [1.807, 2.05) is 6.26 Å². The third-order valence-electron chi connectivity index (χ3n) is 4.78. The van der Waals surface area contributed by atoms with E-state index < -0.39 is 0 Å². The van der Waals surface area contributed by atoms with Crippen LogP contribution in [0.5, 0.6) is 0 Å². The van der Waals surface area contributed by atoms with Crippen molar-refractivity contribution in [1.29, 1.82) is 0 Å². The van der Waals surface area contributed by atoms with Crippen molar-refractivity contribution in [2.75, 3.05) is 26.2 Å². The summed E-state index contributed by atoms with van der Waals surface area (Å²) in [6.07, 6.45) is 9.67. The SMILES string of the molecule is CC(CNC1CCCc2occc21)CN1CCCCC1. The van der Waals surface area contributed by atoms with Gasteiger partial charge in [-0.3, -0.25) is 0 Å². The highest BCUT2D eigenvalue weighted by molar-refractivity contribution is 5.23. The van der Waals surface area contributed by atoms with E-state index in [1.54, 1.807) is 0 Å². The number of furan rings is 1. The molecule has 1 aliphatic carbocycles. The van der Waals surface area contributed by atoms with Crippen molar-refractivity contribution in [3.8, 4) is 0 Å². The van der Waals surface area contributed by atoms with Gasteiger partial charge in [-0.1, -0.05) is 13.3 Å². The maximum absolute atomic E-state index is 5.57. The number of rotatable bonds is 5. The Morgan fingerprint density at radius 1 is 1.30 bits per heavy atom. The molecule has 1 aromatic heterocycles. The number of likely N-dealkylation sites (tertiary alicyclic amines) is 1. The fraction of sp³-hybridized carbons (Fsp3) is 0.765. The third kappa shape index (κ3) is 3.44. The van der Waals surface area contributed by atoms with Gasteiger partial charge >= 0.3 is 0 Å². The zero-order valence-electron chi connectivity index (χ0n) is 12.7. The Labute approximate surface area is 122 Å². The van der Waals surface area contributed by atoms with Crippen molar-refractivity contribution < 1.29 is 4.42 Å². The highest BCUT2D eigenvalue weighted by atomic mass is 16.3. The number of nitrogens with zero attached hydrogens (tertiary/aromatic N) is 1. The first kappa shape index (κ1) is 14.2. The Morgan fingerprint density at radius 3 is 3.00 bits per heavy atom. The molecule has 1 N–H and O–H groups in total. The van der Waals surface area contributed by atoms with E-state index >= 15 is 0 Å². The van der Waals surface area contributed by atoms with Gasteiger partial charge in [-0.05, 0) is 57.3 Å². The molecule has 2 heterocycles. The monoisotopic (exact) mass is 276 g/mol. The second-order valence-electron chi connectivity index (χ2n) is 6.62. The molecule has 0 spiro atoms. The van der Waals surface area contributed by atoms with Crippen LogP contribution in [0.4, 0.5) is 0 Å². The minimum atomic E-state index is 0.515. The van der Waals surface area contributed by atoms with E-state index in [2.05, 4.69) is 23.2 Å². The summed E-state index contributed by atoms with van der Waals surface area (Å²) in [5.74, 6) is 1.93. The van der Waals surface area contributed by atoms with Gasteiger partial charge in [-0.2, -0.15) is 0 Å². The van der Waals surface area contributed by atoms with Crippen LogP contribution in [0, 0.1) is 5.92 Å². The van der Waals surface area contributed by atoms with E-state index in [9.17, 15) is 0 Å². The number of hydrogen-bond donors (Lipinski definition) is 1. The summed E-state index contributed by atoms with van der Waals surface area (Å²) < 4.78 is 5.57. The van der Waals surface area contributed by atoms with Crippen LogP contribution in [0.3, 0.4) is 0 Å².